The van der Waals surface area contributed by atoms with E-state index in [1.807, 2.05) is 27.7 Å². The highest BCUT2D eigenvalue weighted by Gasteiger charge is 2.93. The summed E-state index contributed by atoms with van der Waals surface area (Å²) in [5, 5.41) is 21.7. The topological polar surface area (TPSA) is 119 Å². The second-order valence-electron chi connectivity index (χ2n) is 15.3. The summed E-state index contributed by atoms with van der Waals surface area (Å²) in [6.07, 6.45) is 10.8. The van der Waals surface area contributed by atoms with Gasteiger partial charge in [0.2, 0.25) is 0 Å². The molecule has 0 radical (unpaired) electrons. The molecule has 9 heteroatoms. The largest absolute Gasteiger partial charge is 0.507 e. The number of rotatable bonds is 7. The van der Waals surface area contributed by atoms with E-state index in [9.17, 15) is 24.6 Å². The van der Waals surface area contributed by atoms with Gasteiger partial charge in [0.1, 0.15) is 38.3 Å². The van der Waals surface area contributed by atoms with Crippen LogP contribution in [0, 0.1) is 29.1 Å². The lowest BCUT2D eigenvalue weighted by Crippen LogP contribution is -2.51. The van der Waals surface area contributed by atoms with Crippen LogP contribution in [0.1, 0.15) is 94.6 Å². The van der Waals surface area contributed by atoms with Crippen molar-refractivity contribution in [2.75, 3.05) is 0 Å². The van der Waals surface area contributed by atoms with Crippen LogP contribution >= 0.6 is 22.6 Å². The first kappa shape index (κ1) is 32.6. The number of halogens is 1. The van der Waals surface area contributed by atoms with Crippen LogP contribution in [-0.4, -0.2) is 49.2 Å². The summed E-state index contributed by atoms with van der Waals surface area (Å²) in [6.45, 7) is 16.0. The van der Waals surface area contributed by atoms with E-state index in [-0.39, 0.29) is 34.8 Å². The predicted octanol–water partition coefficient (Wildman–Crippen LogP) is 7.41. The number of alkyl halides is 1. The zero-order valence-electron chi connectivity index (χ0n) is 27.8. The van der Waals surface area contributed by atoms with Crippen LogP contribution in [0.4, 0.5) is 0 Å². The number of Topliss-reactive ketones (excluding diaryl/α,β-unsaturated/α-hetero) is 1. The Bertz CT molecular complexity index is 1730. The lowest BCUT2D eigenvalue weighted by molar-refractivity contribution is -0.139. The number of ketones is 1. The number of hydrogen-bond acceptors (Lipinski definition) is 7. The number of benzene rings is 1. The molecule has 3 heterocycles. The SMILES string of the molecule is C=C(C)C1CC[C@]2(C)C[C@H]1c1c(O)c3c(c(CC=C(C)C)c1O2)O[C@]12C(=C[C@@H](C=O)CC14C2[C@@H](/C=C/C(C)C(=O)O)OC4(C)I)C3=O. The first-order chi connectivity index (χ1) is 22.0. The number of aromatic hydroxyl groups is 1. The van der Waals surface area contributed by atoms with E-state index in [4.69, 9.17) is 14.2 Å². The van der Waals surface area contributed by atoms with Crippen molar-refractivity contribution < 1.29 is 38.8 Å². The number of carbonyl (C=O) groups excluding carboxylic acids is 2. The summed E-state index contributed by atoms with van der Waals surface area (Å²) in [4.78, 5) is 39.0. The lowest BCUT2D eigenvalue weighted by atomic mass is 9.64. The molecule has 1 aromatic carbocycles. The summed E-state index contributed by atoms with van der Waals surface area (Å²) in [5.41, 5.74) is 1.73. The fourth-order valence-electron chi connectivity index (χ4n) is 9.71. The molecule has 2 spiro atoms. The lowest BCUT2D eigenvalue weighted by Gasteiger charge is -2.50. The minimum atomic E-state index is -1.12. The van der Waals surface area contributed by atoms with E-state index >= 15 is 0 Å². The molecular weight excluding hydrogens is 711 g/mol. The Morgan fingerprint density at radius 3 is 2.55 bits per heavy atom. The fourth-order valence-corrected chi connectivity index (χ4v) is 11.0. The molecule has 3 aliphatic carbocycles. The molecule has 7 rings (SSSR count). The summed E-state index contributed by atoms with van der Waals surface area (Å²) >= 11 is 2.27. The van der Waals surface area contributed by atoms with Gasteiger partial charge in [-0.1, -0.05) is 42.0 Å². The third-order valence-corrected chi connectivity index (χ3v) is 13.2. The highest BCUT2D eigenvalue weighted by atomic mass is 127. The molecule has 0 amide bonds. The molecule has 2 N–H and O–H groups in total. The van der Waals surface area contributed by atoms with Crippen molar-refractivity contribution in [3.05, 3.63) is 64.3 Å². The summed E-state index contributed by atoms with van der Waals surface area (Å²) < 4.78 is 19.8. The minimum absolute atomic E-state index is 0.0686. The zero-order chi connectivity index (χ0) is 34.0. The molecular formula is C38H43IO8. The average molecular weight is 755 g/mol. The van der Waals surface area contributed by atoms with Crippen LogP contribution in [0.25, 0.3) is 0 Å². The van der Waals surface area contributed by atoms with Crippen molar-refractivity contribution in [3.8, 4) is 17.2 Å². The van der Waals surface area contributed by atoms with E-state index in [0.29, 0.717) is 41.9 Å². The van der Waals surface area contributed by atoms with E-state index in [0.717, 1.165) is 35.8 Å². The van der Waals surface area contributed by atoms with Gasteiger partial charge in [-0.15, -0.1) is 0 Å². The number of ether oxygens (including phenoxy) is 3. The summed E-state index contributed by atoms with van der Waals surface area (Å²) in [6, 6.07) is 0. The molecule has 3 fully saturated rings. The minimum Gasteiger partial charge on any atom is -0.507 e. The van der Waals surface area contributed by atoms with Crippen LogP contribution in [0.15, 0.2) is 47.6 Å². The molecule has 10 atom stereocenters. The predicted molar refractivity (Wildman–Crippen MR) is 184 cm³/mol. The summed E-state index contributed by atoms with van der Waals surface area (Å²) in [5.74, 6) is -2.03. The third kappa shape index (κ3) is 4.30. The van der Waals surface area contributed by atoms with Gasteiger partial charge in [0, 0.05) is 34.5 Å². The zero-order valence-corrected chi connectivity index (χ0v) is 30.0. The Hall–Kier alpha value is -2.92. The highest BCUT2D eigenvalue weighted by Crippen LogP contribution is 2.84. The van der Waals surface area contributed by atoms with Gasteiger partial charge in [-0.25, -0.2) is 0 Å². The quantitative estimate of drug-likeness (QED) is 0.128. The van der Waals surface area contributed by atoms with Gasteiger partial charge in [0.25, 0.3) is 0 Å². The normalized spacial score (nSPS) is 39.5. The maximum atomic E-state index is 15.0. The molecule has 1 saturated heterocycles. The standard InChI is InChI=1S/C38H43IO8/c1-18(2)8-10-23-31-27(24-16-35(6,46-31)13-12-22(24)19(3)4)30(42)28-29(41)25-14-21(17-40)15-37-33(38(25,37)47-32(23)28)26(45-36(37,7)39)11-9-20(5)34(43)44/h8-9,11,14,17,20-22,24,26,33,42H,3,10,12-13,15-16H2,1-2,4-7H3,(H,43,44)/b11-9+/t20?,21-,22?,24-,26-,33?,35-,36?,37?,38+/m1/s1. The number of carboxylic acid groups (broad SMARTS) is 1. The number of phenols is 1. The molecule has 47 heavy (non-hydrogen) atoms. The molecule has 5 unspecified atom stereocenters. The first-order valence-electron chi connectivity index (χ1n) is 16.6. The van der Waals surface area contributed by atoms with Gasteiger partial charge >= 0.3 is 5.97 Å². The number of hydrogen-bond donors (Lipinski definition) is 2. The molecule has 1 aromatic rings. The molecule has 250 valence electrons. The average Bonchev–Trinajstić information content (AvgIpc) is 3.52. The third-order valence-electron chi connectivity index (χ3n) is 12.0. The monoisotopic (exact) mass is 754 g/mol. The van der Waals surface area contributed by atoms with Crippen LogP contribution in [0.2, 0.25) is 0 Å². The Morgan fingerprint density at radius 2 is 1.91 bits per heavy atom. The van der Waals surface area contributed by atoms with Gasteiger partial charge in [0.15, 0.2) is 11.4 Å². The van der Waals surface area contributed by atoms with Gasteiger partial charge in [-0.05, 0) is 102 Å². The van der Waals surface area contributed by atoms with Crippen LogP contribution in [0.5, 0.6) is 17.2 Å². The molecule has 3 aliphatic heterocycles. The van der Waals surface area contributed by atoms with Gasteiger partial charge in [-0.3, -0.25) is 9.59 Å². The van der Waals surface area contributed by atoms with Crippen molar-refractivity contribution >= 4 is 40.6 Å². The fraction of sp³-hybridized carbons (Fsp3) is 0.553. The Kier molecular flexibility index (Phi) is 7.31. The van der Waals surface area contributed by atoms with Gasteiger partial charge in [0.05, 0.1) is 17.4 Å². The Balaban J connectivity index is 1.47. The van der Waals surface area contributed by atoms with Crippen molar-refractivity contribution in [2.45, 2.75) is 100 Å². The second-order valence-corrected chi connectivity index (χ2v) is 17.4. The van der Waals surface area contributed by atoms with Gasteiger partial charge in [-0.2, -0.15) is 0 Å². The maximum absolute atomic E-state index is 15.0. The highest BCUT2D eigenvalue weighted by molar-refractivity contribution is 14.1. The van der Waals surface area contributed by atoms with Crippen molar-refractivity contribution in [2.24, 2.45) is 29.1 Å². The number of allylic oxidation sites excluding steroid dienone is 4. The van der Waals surface area contributed by atoms with E-state index in [1.54, 1.807) is 25.2 Å². The van der Waals surface area contributed by atoms with Crippen molar-refractivity contribution in [1.29, 1.82) is 0 Å². The number of aliphatic carboxylic acids is 1. The summed E-state index contributed by atoms with van der Waals surface area (Å²) in [7, 11) is 0. The number of carbonyl (C=O) groups is 3. The first-order valence-corrected chi connectivity index (χ1v) is 17.7. The molecule has 6 aliphatic rings. The number of carboxylic acids is 1. The van der Waals surface area contributed by atoms with E-state index < -0.39 is 44.1 Å². The molecule has 2 bridgehead atoms. The number of phenolic OH excluding ortho intramolecular Hbond substituents is 1. The smallest absolute Gasteiger partial charge is 0.310 e. The van der Waals surface area contributed by atoms with Crippen molar-refractivity contribution in [1.82, 2.24) is 0 Å². The molecule has 2 saturated carbocycles. The number of fused-ring (bicyclic) bond motifs is 5. The van der Waals surface area contributed by atoms with Crippen molar-refractivity contribution in [3.63, 3.8) is 0 Å². The Morgan fingerprint density at radius 1 is 1.19 bits per heavy atom. The van der Waals surface area contributed by atoms with E-state index in [1.165, 1.54) is 0 Å². The van der Waals surface area contributed by atoms with Gasteiger partial charge < -0.3 is 29.2 Å². The molecule has 8 nitrogen and oxygen atoms in total. The second kappa shape index (κ2) is 10.5. The van der Waals surface area contributed by atoms with Crippen LogP contribution in [0.3, 0.4) is 0 Å². The number of aldehydes is 1. The van der Waals surface area contributed by atoms with Crippen LogP contribution in [-0.2, 0) is 20.7 Å². The maximum Gasteiger partial charge on any atom is 0.310 e. The van der Waals surface area contributed by atoms with E-state index in [2.05, 4.69) is 42.2 Å². The molecule has 0 aromatic heterocycles. The Labute approximate surface area is 289 Å². The van der Waals surface area contributed by atoms with Crippen LogP contribution < -0.4 is 9.47 Å².